The molecule has 1 saturated heterocycles. The van der Waals surface area contributed by atoms with E-state index in [4.69, 9.17) is 4.98 Å². The van der Waals surface area contributed by atoms with Crippen LogP contribution in [0.15, 0.2) is 40.6 Å². The van der Waals surface area contributed by atoms with Gasteiger partial charge in [-0.15, -0.1) is 11.3 Å². The van der Waals surface area contributed by atoms with Crippen LogP contribution in [-0.4, -0.2) is 35.4 Å². The molecule has 1 fully saturated rings. The summed E-state index contributed by atoms with van der Waals surface area (Å²) in [6.45, 7) is 6.88. The largest absolute Gasteiger partial charge is 0.327 e. The Bertz CT molecular complexity index is 1070. The number of nitrogens with one attached hydrogen (secondary N) is 1. The molecule has 0 bridgehead atoms. The average Bonchev–Trinajstić information content (AvgIpc) is 3.39. The first-order valence-electron chi connectivity index (χ1n) is 10.3. The molecule has 3 heterocycles. The van der Waals surface area contributed by atoms with Gasteiger partial charge in [-0.05, 0) is 56.3 Å². The van der Waals surface area contributed by atoms with Gasteiger partial charge in [0.15, 0.2) is 0 Å². The SMILES string of the molecule is CCn1c(CN[C@H](C)c2cccs2)nc2cc(S(=O)(=O)N3CCCCC3)ccc21. The summed E-state index contributed by atoms with van der Waals surface area (Å²) in [5, 5.41) is 5.62. The highest BCUT2D eigenvalue weighted by Crippen LogP contribution is 2.25. The smallest absolute Gasteiger partial charge is 0.243 e. The molecular formula is C21H28N4O2S2. The van der Waals surface area contributed by atoms with Crippen LogP contribution in [0.3, 0.4) is 0 Å². The maximum atomic E-state index is 13.0. The lowest BCUT2D eigenvalue weighted by Crippen LogP contribution is -2.35. The average molecular weight is 433 g/mol. The Balaban J connectivity index is 1.60. The lowest BCUT2D eigenvalue weighted by atomic mass is 10.2. The van der Waals surface area contributed by atoms with Crippen LogP contribution in [-0.2, 0) is 23.1 Å². The Morgan fingerprint density at radius 3 is 2.69 bits per heavy atom. The van der Waals surface area contributed by atoms with E-state index in [1.54, 1.807) is 27.8 Å². The summed E-state index contributed by atoms with van der Waals surface area (Å²) in [7, 11) is -3.45. The van der Waals surface area contributed by atoms with Crippen molar-refractivity contribution >= 4 is 32.4 Å². The van der Waals surface area contributed by atoms with Crippen LogP contribution < -0.4 is 5.32 Å². The van der Waals surface area contributed by atoms with Crippen molar-refractivity contribution in [2.45, 2.75) is 57.1 Å². The molecule has 0 aliphatic carbocycles. The number of imidazole rings is 1. The van der Waals surface area contributed by atoms with Gasteiger partial charge in [0.1, 0.15) is 5.82 Å². The summed E-state index contributed by atoms with van der Waals surface area (Å²) < 4.78 is 29.8. The molecule has 1 aromatic carbocycles. The summed E-state index contributed by atoms with van der Waals surface area (Å²) in [4.78, 5) is 6.41. The Labute approximate surface area is 176 Å². The van der Waals surface area contributed by atoms with Gasteiger partial charge in [0.2, 0.25) is 10.0 Å². The topological polar surface area (TPSA) is 67.2 Å². The molecule has 0 saturated carbocycles. The maximum Gasteiger partial charge on any atom is 0.243 e. The number of sulfonamides is 1. The van der Waals surface area contributed by atoms with Crippen molar-refractivity contribution in [3.8, 4) is 0 Å². The molecule has 6 nitrogen and oxygen atoms in total. The zero-order chi connectivity index (χ0) is 20.4. The number of hydrogen-bond acceptors (Lipinski definition) is 5. The summed E-state index contributed by atoms with van der Waals surface area (Å²) in [5.41, 5.74) is 1.72. The second kappa shape index (κ2) is 8.55. The summed E-state index contributed by atoms with van der Waals surface area (Å²) in [6.07, 6.45) is 2.97. The van der Waals surface area contributed by atoms with Crippen molar-refractivity contribution in [2.75, 3.05) is 13.1 Å². The van der Waals surface area contributed by atoms with E-state index in [-0.39, 0.29) is 6.04 Å². The molecule has 0 spiro atoms. The molecule has 0 radical (unpaired) electrons. The minimum absolute atomic E-state index is 0.246. The summed E-state index contributed by atoms with van der Waals surface area (Å²) >= 11 is 1.74. The molecular weight excluding hydrogens is 404 g/mol. The number of benzene rings is 1. The van der Waals surface area contributed by atoms with E-state index in [1.165, 1.54) is 4.88 Å². The summed E-state index contributed by atoms with van der Waals surface area (Å²) in [6, 6.07) is 9.79. The quantitative estimate of drug-likeness (QED) is 0.609. The van der Waals surface area contributed by atoms with E-state index in [2.05, 4.69) is 41.2 Å². The lowest BCUT2D eigenvalue weighted by Gasteiger charge is -2.25. The van der Waals surface area contributed by atoms with Gasteiger partial charge < -0.3 is 9.88 Å². The number of thiophene rings is 1. The molecule has 8 heteroatoms. The first-order chi connectivity index (χ1) is 14.0. The van der Waals surface area contributed by atoms with E-state index < -0.39 is 10.0 Å². The second-order valence-corrected chi connectivity index (χ2v) is 10.4. The maximum absolute atomic E-state index is 13.0. The van der Waals surface area contributed by atoms with Crippen molar-refractivity contribution < 1.29 is 8.42 Å². The van der Waals surface area contributed by atoms with Crippen LogP contribution in [0.1, 0.15) is 49.9 Å². The number of rotatable bonds is 7. The molecule has 1 N–H and O–H groups in total. The highest BCUT2D eigenvalue weighted by atomic mass is 32.2. The molecule has 1 aliphatic heterocycles. The molecule has 29 heavy (non-hydrogen) atoms. The van der Waals surface area contributed by atoms with E-state index in [9.17, 15) is 8.42 Å². The number of aryl methyl sites for hydroxylation is 1. The first kappa shape index (κ1) is 20.5. The van der Waals surface area contributed by atoms with Gasteiger partial charge in [-0.2, -0.15) is 4.31 Å². The van der Waals surface area contributed by atoms with Gasteiger partial charge in [-0.3, -0.25) is 0 Å². The number of hydrogen-bond donors (Lipinski definition) is 1. The Morgan fingerprint density at radius 2 is 2.00 bits per heavy atom. The fraction of sp³-hybridized carbons (Fsp3) is 0.476. The van der Waals surface area contributed by atoms with Crippen molar-refractivity contribution in [1.29, 1.82) is 0 Å². The zero-order valence-electron chi connectivity index (χ0n) is 17.0. The van der Waals surface area contributed by atoms with Crippen molar-refractivity contribution in [3.05, 3.63) is 46.4 Å². The van der Waals surface area contributed by atoms with Gasteiger partial charge in [0.05, 0.1) is 22.5 Å². The van der Waals surface area contributed by atoms with Crippen LogP contribution in [0.25, 0.3) is 11.0 Å². The summed E-state index contributed by atoms with van der Waals surface area (Å²) in [5.74, 6) is 0.929. The molecule has 0 amide bonds. The van der Waals surface area contributed by atoms with Crippen LogP contribution in [0.4, 0.5) is 0 Å². The molecule has 3 aromatic rings. The normalized spacial score (nSPS) is 17.0. The third kappa shape index (κ3) is 4.12. The molecule has 1 aliphatic rings. The number of nitrogens with zero attached hydrogens (tertiary/aromatic N) is 3. The molecule has 156 valence electrons. The second-order valence-electron chi connectivity index (χ2n) is 7.51. The molecule has 4 rings (SSSR count). The van der Waals surface area contributed by atoms with E-state index in [1.807, 2.05) is 6.07 Å². The van der Waals surface area contributed by atoms with Crippen LogP contribution in [0.5, 0.6) is 0 Å². The zero-order valence-corrected chi connectivity index (χ0v) is 18.6. The highest BCUT2D eigenvalue weighted by Gasteiger charge is 2.26. The van der Waals surface area contributed by atoms with Gasteiger partial charge >= 0.3 is 0 Å². The van der Waals surface area contributed by atoms with Crippen molar-refractivity contribution in [2.24, 2.45) is 0 Å². The lowest BCUT2D eigenvalue weighted by molar-refractivity contribution is 0.346. The van der Waals surface area contributed by atoms with Gasteiger partial charge in [0, 0.05) is 30.6 Å². The standard InChI is InChI=1S/C21H28N4O2S2/c1-3-25-19-10-9-17(29(26,27)24-11-5-4-6-12-24)14-18(19)23-21(25)15-22-16(2)20-8-7-13-28-20/h7-10,13-14,16,22H,3-6,11-12,15H2,1-2H3/t16-/m1/s1. The Kier molecular flexibility index (Phi) is 6.06. The molecule has 0 unspecified atom stereocenters. The Morgan fingerprint density at radius 1 is 1.21 bits per heavy atom. The van der Waals surface area contributed by atoms with Crippen LogP contribution in [0, 0.1) is 0 Å². The predicted molar refractivity (Wildman–Crippen MR) is 118 cm³/mol. The molecule has 1 atom stereocenters. The number of aromatic nitrogens is 2. The Hall–Kier alpha value is -1.74. The number of fused-ring (bicyclic) bond motifs is 1. The molecule has 2 aromatic heterocycles. The van der Waals surface area contributed by atoms with Gasteiger partial charge in [-0.25, -0.2) is 13.4 Å². The van der Waals surface area contributed by atoms with Crippen molar-refractivity contribution in [3.63, 3.8) is 0 Å². The van der Waals surface area contributed by atoms with E-state index in [0.717, 1.165) is 42.7 Å². The third-order valence-corrected chi connectivity index (χ3v) is 8.55. The predicted octanol–water partition coefficient (Wildman–Crippen LogP) is 4.14. The van der Waals surface area contributed by atoms with E-state index in [0.29, 0.717) is 24.5 Å². The fourth-order valence-corrected chi connectivity index (χ4v) is 6.24. The van der Waals surface area contributed by atoms with Crippen LogP contribution in [0.2, 0.25) is 0 Å². The fourth-order valence-electron chi connectivity index (χ4n) is 3.94. The number of piperidine rings is 1. The minimum Gasteiger partial charge on any atom is -0.327 e. The van der Waals surface area contributed by atoms with E-state index >= 15 is 0 Å². The van der Waals surface area contributed by atoms with Crippen LogP contribution >= 0.6 is 11.3 Å². The minimum atomic E-state index is -3.45. The van der Waals surface area contributed by atoms with Gasteiger partial charge in [-0.1, -0.05) is 12.5 Å². The van der Waals surface area contributed by atoms with Gasteiger partial charge in [0.25, 0.3) is 0 Å². The highest BCUT2D eigenvalue weighted by molar-refractivity contribution is 7.89. The first-order valence-corrected chi connectivity index (χ1v) is 12.6. The monoisotopic (exact) mass is 432 g/mol. The third-order valence-electron chi connectivity index (χ3n) is 5.60. The van der Waals surface area contributed by atoms with Crippen molar-refractivity contribution in [1.82, 2.24) is 19.2 Å².